The second-order valence-corrected chi connectivity index (χ2v) is 5.70. The van der Waals surface area contributed by atoms with Gasteiger partial charge in [0.05, 0.1) is 5.69 Å². The summed E-state index contributed by atoms with van der Waals surface area (Å²) in [6.45, 7) is 3.18. The number of pyridine rings is 1. The molecule has 5 heteroatoms. The Morgan fingerprint density at radius 2 is 2.40 bits per heavy atom. The highest BCUT2D eigenvalue weighted by atomic mass is 32.1. The van der Waals surface area contributed by atoms with Crippen LogP contribution >= 0.6 is 11.3 Å². The SMILES string of the molecule is CCCNC(Cc1cn2ccsc2n1)c1cccnc1. The lowest BCUT2D eigenvalue weighted by atomic mass is 10.0. The first-order valence-corrected chi connectivity index (χ1v) is 7.79. The number of fused-ring (bicyclic) bond motifs is 1. The van der Waals surface area contributed by atoms with Crippen molar-refractivity contribution in [3.05, 3.63) is 53.6 Å². The number of hydrogen-bond donors (Lipinski definition) is 1. The molecule has 104 valence electrons. The van der Waals surface area contributed by atoms with Crippen LogP contribution in [-0.2, 0) is 6.42 Å². The second-order valence-electron chi connectivity index (χ2n) is 4.82. The Morgan fingerprint density at radius 3 is 3.15 bits per heavy atom. The van der Waals surface area contributed by atoms with E-state index >= 15 is 0 Å². The summed E-state index contributed by atoms with van der Waals surface area (Å²) < 4.78 is 2.08. The molecule has 0 saturated heterocycles. The van der Waals surface area contributed by atoms with E-state index in [1.165, 1.54) is 5.56 Å². The molecular formula is C15H18N4S. The van der Waals surface area contributed by atoms with Crippen LogP contribution in [0.5, 0.6) is 0 Å². The fourth-order valence-electron chi connectivity index (χ4n) is 2.29. The minimum atomic E-state index is 0.272. The van der Waals surface area contributed by atoms with E-state index < -0.39 is 0 Å². The summed E-state index contributed by atoms with van der Waals surface area (Å²) >= 11 is 1.67. The molecule has 0 aliphatic heterocycles. The van der Waals surface area contributed by atoms with Crippen molar-refractivity contribution in [3.63, 3.8) is 0 Å². The Kier molecular flexibility index (Phi) is 4.08. The lowest BCUT2D eigenvalue weighted by molar-refractivity contribution is 0.524. The zero-order chi connectivity index (χ0) is 13.8. The van der Waals surface area contributed by atoms with E-state index in [9.17, 15) is 0 Å². The van der Waals surface area contributed by atoms with E-state index in [1.807, 2.05) is 18.5 Å². The Hall–Kier alpha value is -1.72. The Morgan fingerprint density at radius 1 is 1.45 bits per heavy atom. The molecule has 0 spiro atoms. The minimum Gasteiger partial charge on any atom is -0.310 e. The average molecular weight is 286 g/mol. The highest BCUT2D eigenvalue weighted by molar-refractivity contribution is 7.15. The topological polar surface area (TPSA) is 42.2 Å². The molecular weight excluding hydrogens is 268 g/mol. The van der Waals surface area contributed by atoms with Crippen molar-refractivity contribution in [1.29, 1.82) is 0 Å². The van der Waals surface area contributed by atoms with Crippen LogP contribution in [0.15, 0.2) is 42.3 Å². The largest absolute Gasteiger partial charge is 0.310 e. The van der Waals surface area contributed by atoms with Crippen molar-refractivity contribution >= 4 is 16.3 Å². The van der Waals surface area contributed by atoms with Gasteiger partial charge >= 0.3 is 0 Å². The molecule has 4 nitrogen and oxygen atoms in total. The molecule has 0 aromatic carbocycles. The highest BCUT2D eigenvalue weighted by Crippen LogP contribution is 2.19. The Bertz CT molecular complexity index is 630. The van der Waals surface area contributed by atoms with Crippen molar-refractivity contribution in [3.8, 4) is 0 Å². The summed E-state index contributed by atoms with van der Waals surface area (Å²) in [7, 11) is 0. The summed E-state index contributed by atoms with van der Waals surface area (Å²) in [5.74, 6) is 0. The van der Waals surface area contributed by atoms with Crippen LogP contribution in [0.2, 0.25) is 0 Å². The summed E-state index contributed by atoms with van der Waals surface area (Å²) in [5, 5.41) is 5.64. The molecule has 1 unspecified atom stereocenters. The number of rotatable bonds is 6. The normalized spacial score (nSPS) is 12.8. The standard InChI is InChI=1S/C15H18N4S/c1-2-5-17-14(12-4-3-6-16-10-12)9-13-11-19-7-8-20-15(19)18-13/h3-4,6-8,10-11,14,17H,2,5,9H2,1H3. The monoisotopic (exact) mass is 286 g/mol. The Balaban J connectivity index is 1.80. The van der Waals surface area contributed by atoms with Crippen LogP contribution in [-0.4, -0.2) is 20.9 Å². The molecule has 0 aliphatic rings. The first-order chi connectivity index (χ1) is 9.86. The van der Waals surface area contributed by atoms with E-state index in [0.717, 1.165) is 30.0 Å². The third-order valence-corrected chi connectivity index (χ3v) is 4.05. The molecule has 20 heavy (non-hydrogen) atoms. The molecule has 3 aromatic heterocycles. The molecule has 0 saturated carbocycles. The predicted octanol–water partition coefficient (Wildman–Crippen LogP) is 3.07. The van der Waals surface area contributed by atoms with Gasteiger partial charge in [0.2, 0.25) is 0 Å². The van der Waals surface area contributed by atoms with Gasteiger partial charge in [-0.2, -0.15) is 0 Å². The maximum absolute atomic E-state index is 4.67. The first-order valence-electron chi connectivity index (χ1n) is 6.91. The summed E-state index contributed by atoms with van der Waals surface area (Å²) in [5.41, 5.74) is 2.34. The lowest BCUT2D eigenvalue weighted by Crippen LogP contribution is -2.24. The van der Waals surface area contributed by atoms with Gasteiger partial charge in [0, 0.05) is 42.6 Å². The number of thiazole rings is 1. The number of nitrogens with one attached hydrogen (secondary N) is 1. The smallest absolute Gasteiger partial charge is 0.193 e. The number of hydrogen-bond acceptors (Lipinski definition) is 4. The quantitative estimate of drug-likeness (QED) is 0.757. The van der Waals surface area contributed by atoms with Crippen LogP contribution in [0.4, 0.5) is 0 Å². The molecule has 0 radical (unpaired) electrons. The third-order valence-electron chi connectivity index (χ3n) is 3.28. The van der Waals surface area contributed by atoms with Crippen LogP contribution in [0.1, 0.15) is 30.6 Å². The van der Waals surface area contributed by atoms with Crippen molar-refractivity contribution in [2.75, 3.05) is 6.54 Å². The van der Waals surface area contributed by atoms with E-state index in [1.54, 1.807) is 11.3 Å². The highest BCUT2D eigenvalue weighted by Gasteiger charge is 2.14. The van der Waals surface area contributed by atoms with Gasteiger partial charge in [-0.25, -0.2) is 4.98 Å². The summed E-state index contributed by atoms with van der Waals surface area (Å²) in [6.07, 6.45) is 9.92. The van der Waals surface area contributed by atoms with Gasteiger partial charge in [0.15, 0.2) is 4.96 Å². The van der Waals surface area contributed by atoms with E-state index in [0.29, 0.717) is 0 Å². The first kappa shape index (κ1) is 13.3. The predicted molar refractivity (Wildman–Crippen MR) is 82.0 cm³/mol. The number of imidazole rings is 1. The lowest BCUT2D eigenvalue weighted by Gasteiger charge is -2.17. The van der Waals surface area contributed by atoms with Crippen LogP contribution in [0.3, 0.4) is 0 Å². The van der Waals surface area contributed by atoms with Gasteiger partial charge < -0.3 is 5.32 Å². The number of aromatic nitrogens is 3. The molecule has 0 bridgehead atoms. The van der Waals surface area contributed by atoms with E-state index in [2.05, 4.69) is 50.4 Å². The third kappa shape index (κ3) is 2.89. The molecule has 0 fully saturated rings. The van der Waals surface area contributed by atoms with Gasteiger partial charge in [-0.05, 0) is 24.6 Å². The fraction of sp³-hybridized carbons (Fsp3) is 0.333. The van der Waals surface area contributed by atoms with Crippen LogP contribution in [0, 0.1) is 0 Å². The molecule has 1 atom stereocenters. The molecule has 0 amide bonds. The second kappa shape index (κ2) is 6.15. The molecule has 3 aromatic rings. The van der Waals surface area contributed by atoms with Gasteiger partial charge in [-0.3, -0.25) is 9.38 Å². The van der Waals surface area contributed by atoms with Crippen molar-refractivity contribution in [1.82, 2.24) is 19.7 Å². The Labute approximate surface area is 122 Å². The maximum atomic E-state index is 4.67. The number of nitrogens with zero attached hydrogens (tertiary/aromatic N) is 3. The van der Waals surface area contributed by atoms with Gasteiger partial charge in [-0.15, -0.1) is 11.3 Å². The molecule has 3 rings (SSSR count). The average Bonchev–Trinajstić information content (AvgIpc) is 3.05. The van der Waals surface area contributed by atoms with E-state index in [-0.39, 0.29) is 6.04 Å². The van der Waals surface area contributed by atoms with Crippen molar-refractivity contribution in [2.24, 2.45) is 0 Å². The zero-order valence-electron chi connectivity index (χ0n) is 11.5. The minimum absolute atomic E-state index is 0.272. The molecule has 1 N–H and O–H groups in total. The van der Waals surface area contributed by atoms with E-state index in [4.69, 9.17) is 0 Å². The maximum Gasteiger partial charge on any atom is 0.193 e. The van der Waals surface area contributed by atoms with Gasteiger partial charge in [0.1, 0.15) is 0 Å². The molecule has 3 heterocycles. The van der Waals surface area contributed by atoms with Crippen LogP contribution in [0.25, 0.3) is 4.96 Å². The van der Waals surface area contributed by atoms with Crippen LogP contribution < -0.4 is 5.32 Å². The van der Waals surface area contributed by atoms with Crippen molar-refractivity contribution < 1.29 is 0 Å². The summed E-state index contributed by atoms with van der Waals surface area (Å²) in [4.78, 5) is 9.95. The van der Waals surface area contributed by atoms with Gasteiger partial charge in [0.25, 0.3) is 0 Å². The zero-order valence-corrected chi connectivity index (χ0v) is 12.3. The van der Waals surface area contributed by atoms with Gasteiger partial charge in [-0.1, -0.05) is 13.0 Å². The molecule has 0 aliphatic carbocycles. The van der Waals surface area contributed by atoms with Crippen molar-refractivity contribution in [2.45, 2.75) is 25.8 Å². The fourth-order valence-corrected chi connectivity index (χ4v) is 3.01. The summed E-state index contributed by atoms with van der Waals surface area (Å²) in [6, 6.07) is 4.38.